The highest BCUT2D eigenvalue weighted by Crippen LogP contribution is 2.29. The minimum absolute atomic E-state index is 0.151. The van der Waals surface area contributed by atoms with Crippen LogP contribution in [0.4, 0.5) is 11.4 Å². The van der Waals surface area contributed by atoms with Crippen LogP contribution >= 0.6 is 0 Å². The van der Waals surface area contributed by atoms with Crippen molar-refractivity contribution < 1.29 is 9.53 Å². The largest absolute Gasteiger partial charge is 0.496 e. The molecule has 0 spiro atoms. The molecule has 1 aromatic carbocycles. The summed E-state index contributed by atoms with van der Waals surface area (Å²) in [5, 5.41) is 0. The van der Waals surface area contributed by atoms with Gasteiger partial charge in [0.25, 0.3) is 0 Å². The molecule has 0 aliphatic carbocycles. The van der Waals surface area contributed by atoms with E-state index >= 15 is 0 Å². The number of nitrogen functional groups attached to an aromatic ring is 2. The van der Waals surface area contributed by atoms with Crippen molar-refractivity contribution in [1.29, 1.82) is 0 Å². The Kier molecular flexibility index (Phi) is 2.41. The van der Waals surface area contributed by atoms with Crippen molar-refractivity contribution in [3.63, 3.8) is 0 Å². The van der Waals surface area contributed by atoms with E-state index in [4.69, 9.17) is 16.2 Å². The number of hydrogen-bond acceptors (Lipinski definition) is 4. The molecule has 70 valence electrons. The highest BCUT2D eigenvalue weighted by molar-refractivity contribution is 6.04. The van der Waals surface area contributed by atoms with Gasteiger partial charge >= 0.3 is 0 Å². The molecule has 0 bridgehead atoms. The molecule has 4 heteroatoms. The zero-order valence-electron chi connectivity index (χ0n) is 7.63. The van der Waals surface area contributed by atoms with Crippen molar-refractivity contribution in [3.8, 4) is 5.75 Å². The Morgan fingerprint density at radius 2 is 2.00 bits per heavy atom. The molecule has 0 saturated carbocycles. The quantitative estimate of drug-likeness (QED) is 0.527. The SMILES string of the molecule is COc1ccc(N)c(N)c1C(C)=O. The third-order valence-electron chi connectivity index (χ3n) is 1.81. The molecule has 0 atom stereocenters. The van der Waals surface area contributed by atoms with E-state index in [0.717, 1.165) is 0 Å². The van der Waals surface area contributed by atoms with Gasteiger partial charge in [-0.25, -0.2) is 0 Å². The molecular weight excluding hydrogens is 168 g/mol. The minimum atomic E-state index is -0.151. The number of rotatable bonds is 2. The molecule has 4 N–H and O–H groups in total. The zero-order chi connectivity index (χ0) is 10.0. The Hall–Kier alpha value is -1.71. The van der Waals surface area contributed by atoms with Gasteiger partial charge in [0.05, 0.1) is 24.0 Å². The van der Waals surface area contributed by atoms with Crippen LogP contribution in [0.3, 0.4) is 0 Å². The first-order valence-electron chi connectivity index (χ1n) is 3.80. The first-order valence-corrected chi connectivity index (χ1v) is 3.80. The lowest BCUT2D eigenvalue weighted by Crippen LogP contribution is -2.05. The average molecular weight is 180 g/mol. The van der Waals surface area contributed by atoms with Crippen LogP contribution in [0.1, 0.15) is 17.3 Å². The van der Waals surface area contributed by atoms with Crippen LogP contribution in [0.5, 0.6) is 5.75 Å². The molecule has 0 amide bonds. The standard InChI is InChI=1S/C9H12N2O2/c1-5(12)8-7(13-2)4-3-6(10)9(8)11/h3-4H,10-11H2,1-2H3. The number of benzene rings is 1. The molecular formula is C9H12N2O2. The van der Waals surface area contributed by atoms with Gasteiger partial charge in [0.15, 0.2) is 5.78 Å². The Bertz CT molecular complexity index is 348. The van der Waals surface area contributed by atoms with Crippen molar-refractivity contribution in [3.05, 3.63) is 17.7 Å². The number of ketones is 1. The van der Waals surface area contributed by atoms with Crippen LogP contribution < -0.4 is 16.2 Å². The lowest BCUT2D eigenvalue weighted by Gasteiger charge is -2.10. The van der Waals surface area contributed by atoms with Crippen LogP contribution in [0.25, 0.3) is 0 Å². The Morgan fingerprint density at radius 1 is 1.38 bits per heavy atom. The van der Waals surface area contributed by atoms with Gasteiger partial charge in [0.2, 0.25) is 0 Å². The van der Waals surface area contributed by atoms with Crippen LogP contribution in [0, 0.1) is 0 Å². The van der Waals surface area contributed by atoms with Gasteiger partial charge < -0.3 is 16.2 Å². The minimum Gasteiger partial charge on any atom is -0.496 e. The lowest BCUT2D eigenvalue weighted by atomic mass is 10.1. The molecule has 1 aromatic rings. The highest BCUT2D eigenvalue weighted by atomic mass is 16.5. The van der Waals surface area contributed by atoms with Crippen LogP contribution in [0.2, 0.25) is 0 Å². The van der Waals surface area contributed by atoms with Gasteiger partial charge in [-0.05, 0) is 19.1 Å². The van der Waals surface area contributed by atoms with E-state index in [2.05, 4.69) is 0 Å². The van der Waals surface area contributed by atoms with Crippen LogP contribution in [0.15, 0.2) is 12.1 Å². The van der Waals surface area contributed by atoms with Crippen LogP contribution in [-0.2, 0) is 0 Å². The zero-order valence-corrected chi connectivity index (χ0v) is 7.63. The maximum Gasteiger partial charge on any atom is 0.165 e. The second-order valence-electron chi connectivity index (χ2n) is 2.70. The molecule has 0 unspecified atom stereocenters. The van der Waals surface area contributed by atoms with E-state index in [-0.39, 0.29) is 11.5 Å². The summed E-state index contributed by atoms with van der Waals surface area (Å²) in [6, 6.07) is 3.24. The van der Waals surface area contributed by atoms with Gasteiger partial charge in [0.1, 0.15) is 5.75 Å². The Labute approximate surface area is 76.5 Å². The monoisotopic (exact) mass is 180 g/mol. The Morgan fingerprint density at radius 3 is 2.46 bits per heavy atom. The predicted octanol–water partition coefficient (Wildman–Crippen LogP) is 1.06. The van der Waals surface area contributed by atoms with Gasteiger partial charge in [-0.15, -0.1) is 0 Å². The number of anilines is 2. The smallest absolute Gasteiger partial charge is 0.165 e. The molecule has 0 aromatic heterocycles. The van der Waals surface area contributed by atoms with Crippen LogP contribution in [-0.4, -0.2) is 12.9 Å². The summed E-state index contributed by atoms with van der Waals surface area (Å²) in [6.45, 7) is 1.42. The predicted molar refractivity (Wildman–Crippen MR) is 51.8 cm³/mol. The second kappa shape index (κ2) is 3.35. The third kappa shape index (κ3) is 1.56. The Balaban J connectivity index is 3.41. The van der Waals surface area contributed by atoms with Gasteiger partial charge in [0, 0.05) is 0 Å². The maximum absolute atomic E-state index is 11.2. The molecule has 0 fully saturated rings. The summed E-state index contributed by atoms with van der Waals surface area (Å²) >= 11 is 0. The molecule has 0 heterocycles. The topological polar surface area (TPSA) is 78.3 Å². The number of methoxy groups -OCH3 is 1. The van der Waals surface area contributed by atoms with E-state index in [1.807, 2.05) is 0 Å². The number of carbonyl (C=O) groups excluding carboxylic acids is 1. The summed E-state index contributed by atoms with van der Waals surface area (Å²) in [5.41, 5.74) is 12.2. The molecule has 0 aliphatic heterocycles. The van der Waals surface area contributed by atoms with Gasteiger partial charge in [-0.3, -0.25) is 4.79 Å². The maximum atomic E-state index is 11.2. The molecule has 0 radical (unpaired) electrons. The highest BCUT2D eigenvalue weighted by Gasteiger charge is 2.13. The fourth-order valence-electron chi connectivity index (χ4n) is 1.15. The normalized spacial score (nSPS) is 9.69. The summed E-state index contributed by atoms with van der Waals surface area (Å²) in [4.78, 5) is 11.2. The number of ether oxygens (including phenoxy) is 1. The van der Waals surface area contributed by atoms with E-state index in [0.29, 0.717) is 17.0 Å². The summed E-state index contributed by atoms with van der Waals surface area (Å²) < 4.78 is 4.99. The number of carbonyl (C=O) groups is 1. The molecule has 0 saturated heterocycles. The molecule has 1 rings (SSSR count). The van der Waals surface area contributed by atoms with Crippen molar-refractivity contribution >= 4 is 17.2 Å². The first-order chi connectivity index (χ1) is 6.07. The van der Waals surface area contributed by atoms with Crippen molar-refractivity contribution in [2.75, 3.05) is 18.6 Å². The lowest BCUT2D eigenvalue weighted by molar-refractivity contribution is 0.101. The number of hydrogen-bond donors (Lipinski definition) is 2. The fourth-order valence-corrected chi connectivity index (χ4v) is 1.15. The second-order valence-corrected chi connectivity index (χ2v) is 2.70. The van der Waals surface area contributed by atoms with E-state index in [1.165, 1.54) is 14.0 Å². The molecule has 13 heavy (non-hydrogen) atoms. The summed E-state index contributed by atoms with van der Waals surface area (Å²) in [7, 11) is 1.48. The van der Waals surface area contributed by atoms with Crippen molar-refractivity contribution in [2.45, 2.75) is 6.92 Å². The summed E-state index contributed by atoms with van der Waals surface area (Å²) in [6.07, 6.45) is 0. The van der Waals surface area contributed by atoms with Crippen molar-refractivity contribution in [2.24, 2.45) is 0 Å². The summed E-state index contributed by atoms with van der Waals surface area (Å²) in [5.74, 6) is 0.306. The molecule has 4 nitrogen and oxygen atoms in total. The van der Waals surface area contributed by atoms with Crippen molar-refractivity contribution in [1.82, 2.24) is 0 Å². The van der Waals surface area contributed by atoms with E-state index < -0.39 is 0 Å². The van der Waals surface area contributed by atoms with E-state index in [9.17, 15) is 4.79 Å². The number of nitrogens with two attached hydrogens (primary N) is 2. The first kappa shape index (κ1) is 9.38. The van der Waals surface area contributed by atoms with Gasteiger partial charge in [-0.1, -0.05) is 0 Å². The van der Waals surface area contributed by atoms with E-state index in [1.54, 1.807) is 12.1 Å². The molecule has 0 aliphatic rings. The fraction of sp³-hybridized carbons (Fsp3) is 0.222. The van der Waals surface area contributed by atoms with Gasteiger partial charge in [-0.2, -0.15) is 0 Å². The number of Topliss-reactive ketones (excluding diaryl/α,β-unsaturated/α-hetero) is 1. The average Bonchev–Trinajstić information content (AvgIpc) is 2.08. The third-order valence-corrected chi connectivity index (χ3v) is 1.81.